The van der Waals surface area contributed by atoms with Crippen LogP contribution in [0.4, 0.5) is 0 Å². The summed E-state index contributed by atoms with van der Waals surface area (Å²) in [5.74, 6) is 0.297. The highest BCUT2D eigenvalue weighted by molar-refractivity contribution is 6.06. The van der Waals surface area contributed by atoms with Crippen molar-refractivity contribution in [2.24, 2.45) is 4.99 Å². The number of nitrogens with zero attached hydrogens (tertiary/aromatic N) is 1. The molecule has 0 radical (unpaired) electrons. The summed E-state index contributed by atoms with van der Waals surface area (Å²) in [6, 6.07) is 0. The van der Waals surface area contributed by atoms with Gasteiger partial charge in [-0.05, 0) is 19.9 Å². The molecule has 0 unspecified atom stereocenters. The first-order valence-electron chi connectivity index (χ1n) is 3.46. The molecule has 0 aromatic rings. The monoisotopic (exact) mass is 149 g/mol. The van der Waals surface area contributed by atoms with Crippen molar-refractivity contribution in [2.45, 2.75) is 13.8 Å². The number of hydrogen-bond donors (Lipinski definition) is 2. The third-order valence-corrected chi connectivity index (χ3v) is 1.50. The van der Waals surface area contributed by atoms with E-state index in [-0.39, 0.29) is 0 Å². The third kappa shape index (κ3) is 1.77. The second-order valence-corrected chi connectivity index (χ2v) is 2.34. The molecule has 0 saturated heterocycles. The Morgan fingerprint density at radius 1 is 1.73 bits per heavy atom. The van der Waals surface area contributed by atoms with Crippen LogP contribution >= 0.6 is 0 Å². The lowest BCUT2D eigenvalue weighted by Gasteiger charge is -1.95. The molecule has 0 bridgehead atoms. The Hall–Kier alpha value is -1.38. The molecule has 3 nitrogen and oxygen atoms in total. The lowest BCUT2D eigenvalue weighted by molar-refractivity contribution is 1.25. The van der Waals surface area contributed by atoms with Crippen LogP contribution in [0, 0.1) is 5.41 Å². The second-order valence-electron chi connectivity index (χ2n) is 2.34. The average molecular weight is 149 g/mol. The van der Waals surface area contributed by atoms with Crippen molar-refractivity contribution in [1.29, 1.82) is 5.41 Å². The summed E-state index contributed by atoms with van der Waals surface area (Å²) in [6.07, 6.45) is 5.41. The molecule has 0 aliphatic carbocycles. The van der Waals surface area contributed by atoms with Crippen LogP contribution in [0.25, 0.3) is 0 Å². The van der Waals surface area contributed by atoms with Gasteiger partial charge in [-0.2, -0.15) is 0 Å². The molecular weight excluding hydrogens is 138 g/mol. The van der Waals surface area contributed by atoms with Gasteiger partial charge in [0.1, 0.15) is 0 Å². The van der Waals surface area contributed by atoms with E-state index < -0.39 is 0 Å². The zero-order valence-electron chi connectivity index (χ0n) is 6.68. The van der Waals surface area contributed by atoms with Gasteiger partial charge < -0.3 is 5.32 Å². The quantitative estimate of drug-likeness (QED) is 0.582. The Balaban J connectivity index is 2.77. The Labute approximate surface area is 66.0 Å². The number of allylic oxidation sites excluding steroid dienone is 3. The molecule has 0 aromatic carbocycles. The van der Waals surface area contributed by atoms with Crippen molar-refractivity contribution in [3.8, 4) is 0 Å². The Kier molecular flexibility index (Phi) is 2.21. The van der Waals surface area contributed by atoms with E-state index in [2.05, 4.69) is 10.3 Å². The van der Waals surface area contributed by atoms with Gasteiger partial charge in [0.15, 0.2) is 5.84 Å². The minimum absolute atomic E-state index is 0.297. The summed E-state index contributed by atoms with van der Waals surface area (Å²) in [5.41, 5.74) is 1.89. The van der Waals surface area contributed by atoms with Crippen LogP contribution in [-0.2, 0) is 0 Å². The van der Waals surface area contributed by atoms with E-state index >= 15 is 0 Å². The highest BCUT2D eigenvalue weighted by Gasteiger charge is 2.06. The Morgan fingerprint density at radius 2 is 2.45 bits per heavy atom. The SMILES string of the molecule is C/C=C(C)\C=C1\NC=NC1=N. The zero-order valence-corrected chi connectivity index (χ0v) is 6.68. The number of amidine groups is 1. The van der Waals surface area contributed by atoms with Crippen molar-refractivity contribution in [3.05, 3.63) is 23.4 Å². The molecule has 58 valence electrons. The van der Waals surface area contributed by atoms with Crippen LogP contribution in [0.1, 0.15) is 13.8 Å². The van der Waals surface area contributed by atoms with Crippen LogP contribution < -0.4 is 5.32 Å². The van der Waals surface area contributed by atoms with Gasteiger partial charge in [0.05, 0.1) is 12.0 Å². The Bertz CT molecular complexity index is 259. The molecule has 1 aliphatic heterocycles. The van der Waals surface area contributed by atoms with E-state index in [1.807, 2.05) is 26.0 Å². The zero-order chi connectivity index (χ0) is 8.27. The van der Waals surface area contributed by atoms with Crippen LogP contribution in [0.15, 0.2) is 28.4 Å². The standard InChI is InChI=1S/C8H11N3/c1-3-6(2)4-7-8(9)11-5-10-7/h3-5H,1-2H3,(H2,9,10,11)/b6-3-,7-4+. The van der Waals surface area contributed by atoms with Crippen molar-refractivity contribution in [1.82, 2.24) is 5.32 Å². The van der Waals surface area contributed by atoms with E-state index in [0.29, 0.717) is 5.84 Å². The molecule has 1 heterocycles. The van der Waals surface area contributed by atoms with Gasteiger partial charge in [0.25, 0.3) is 0 Å². The largest absolute Gasteiger partial charge is 0.343 e. The highest BCUT2D eigenvalue weighted by Crippen LogP contribution is 2.03. The Morgan fingerprint density at radius 3 is 2.91 bits per heavy atom. The van der Waals surface area contributed by atoms with E-state index in [9.17, 15) is 0 Å². The maximum atomic E-state index is 7.32. The smallest absolute Gasteiger partial charge is 0.170 e. The summed E-state index contributed by atoms with van der Waals surface area (Å²) in [4.78, 5) is 3.76. The van der Waals surface area contributed by atoms with E-state index in [0.717, 1.165) is 11.3 Å². The fourth-order valence-corrected chi connectivity index (χ4v) is 0.725. The van der Waals surface area contributed by atoms with Crippen molar-refractivity contribution in [2.75, 3.05) is 0 Å². The third-order valence-electron chi connectivity index (χ3n) is 1.50. The average Bonchev–Trinajstić information content (AvgIpc) is 2.37. The fraction of sp³-hybridized carbons (Fsp3) is 0.250. The lowest BCUT2D eigenvalue weighted by Crippen LogP contribution is -2.07. The molecular formula is C8H11N3. The van der Waals surface area contributed by atoms with Gasteiger partial charge in [0.2, 0.25) is 0 Å². The summed E-state index contributed by atoms with van der Waals surface area (Å²) in [6.45, 7) is 3.95. The minimum atomic E-state index is 0.297. The molecule has 0 spiro atoms. The fourth-order valence-electron chi connectivity index (χ4n) is 0.725. The van der Waals surface area contributed by atoms with E-state index in [1.165, 1.54) is 6.34 Å². The predicted molar refractivity (Wildman–Crippen MR) is 46.9 cm³/mol. The first kappa shape index (κ1) is 7.72. The molecule has 2 N–H and O–H groups in total. The number of nitrogens with one attached hydrogen (secondary N) is 2. The van der Waals surface area contributed by atoms with E-state index in [4.69, 9.17) is 5.41 Å². The molecule has 1 rings (SSSR count). The number of rotatable bonds is 1. The molecule has 1 aliphatic rings. The van der Waals surface area contributed by atoms with Crippen molar-refractivity contribution >= 4 is 12.2 Å². The van der Waals surface area contributed by atoms with E-state index in [1.54, 1.807) is 0 Å². The minimum Gasteiger partial charge on any atom is -0.343 e. The molecule has 3 heteroatoms. The molecule has 0 amide bonds. The normalized spacial score (nSPS) is 21.1. The van der Waals surface area contributed by atoms with Gasteiger partial charge in [-0.1, -0.05) is 11.6 Å². The number of aliphatic imine (C=N–C) groups is 1. The first-order chi connectivity index (χ1) is 5.24. The van der Waals surface area contributed by atoms with Crippen LogP contribution in [0.5, 0.6) is 0 Å². The van der Waals surface area contributed by atoms with Crippen molar-refractivity contribution in [3.63, 3.8) is 0 Å². The van der Waals surface area contributed by atoms with Crippen LogP contribution in [0.2, 0.25) is 0 Å². The molecule has 0 saturated carbocycles. The summed E-state index contributed by atoms with van der Waals surface area (Å²) < 4.78 is 0. The summed E-state index contributed by atoms with van der Waals surface area (Å²) >= 11 is 0. The van der Waals surface area contributed by atoms with Gasteiger partial charge in [-0.25, -0.2) is 4.99 Å². The van der Waals surface area contributed by atoms with Crippen LogP contribution in [0.3, 0.4) is 0 Å². The second kappa shape index (κ2) is 3.14. The summed E-state index contributed by atoms with van der Waals surface area (Å²) in [7, 11) is 0. The van der Waals surface area contributed by atoms with Crippen LogP contribution in [-0.4, -0.2) is 12.2 Å². The molecule has 0 fully saturated rings. The molecule has 11 heavy (non-hydrogen) atoms. The maximum Gasteiger partial charge on any atom is 0.170 e. The van der Waals surface area contributed by atoms with Crippen molar-refractivity contribution < 1.29 is 0 Å². The lowest BCUT2D eigenvalue weighted by atomic mass is 10.2. The van der Waals surface area contributed by atoms with Gasteiger partial charge in [-0.15, -0.1) is 0 Å². The first-order valence-corrected chi connectivity index (χ1v) is 3.46. The molecule has 0 atom stereocenters. The number of hydrogen-bond acceptors (Lipinski definition) is 2. The predicted octanol–water partition coefficient (Wildman–Crippen LogP) is 1.45. The van der Waals surface area contributed by atoms with Gasteiger partial charge in [0, 0.05) is 0 Å². The van der Waals surface area contributed by atoms with Gasteiger partial charge in [-0.3, -0.25) is 5.41 Å². The molecule has 0 aromatic heterocycles. The highest BCUT2D eigenvalue weighted by atomic mass is 15.1. The topological polar surface area (TPSA) is 48.2 Å². The summed E-state index contributed by atoms with van der Waals surface area (Å²) in [5, 5.41) is 10.2. The maximum absolute atomic E-state index is 7.32. The van der Waals surface area contributed by atoms with Gasteiger partial charge >= 0.3 is 0 Å².